The van der Waals surface area contributed by atoms with E-state index in [4.69, 9.17) is 0 Å². The van der Waals surface area contributed by atoms with E-state index in [1.165, 1.54) is 0 Å². The zero-order valence-corrected chi connectivity index (χ0v) is 8.02. The van der Waals surface area contributed by atoms with E-state index in [0.717, 1.165) is 5.69 Å². The Balaban J connectivity index is 0. The summed E-state index contributed by atoms with van der Waals surface area (Å²) in [6.45, 7) is 0. The van der Waals surface area contributed by atoms with E-state index in [1.54, 1.807) is 0 Å². The van der Waals surface area contributed by atoms with E-state index in [1.807, 2.05) is 30.3 Å². The first-order valence-electron chi connectivity index (χ1n) is 2.26. The lowest BCUT2D eigenvalue weighted by molar-refractivity contribution is -0.254. The lowest BCUT2D eigenvalue weighted by atomic mass is 10.3. The van der Waals surface area contributed by atoms with Crippen molar-refractivity contribution in [1.29, 1.82) is 0 Å². The molecule has 0 spiro atoms. The lowest BCUT2D eigenvalue weighted by Crippen LogP contribution is -3.00. The van der Waals surface area contributed by atoms with Crippen molar-refractivity contribution in [2.75, 3.05) is 0 Å². The maximum absolute atomic E-state index is 3.72. The molecule has 0 fully saturated rings. The largest absolute Gasteiger partial charge is 1.00 e. The van der Waals surface area contributed by atoms with Gasteiger partial charge in [-0.25, -0.2) is 0 Å². The summed E-state index contributed by atoms with van der Waals surface area (Å²) in [5.74, 6) is 0. The van der Waals surface area contributed by atoms with Gasteiger partial charge in [-0.15, -0.1) is 0 Å². The van der Waals surface area contributed by atoms with Crippen LogP contribution in [0.2, 0.25) is 0 Å². The van der Waals surface area contributed by atoms with Gasteiger partial charge in [-0.3, -0.25) is 0 Å². The molecule has 1 aromatic carbocycles. The van der Waals surface area contributed by atoms with Gasteiger partial charge in [-0.05, 0) is 12.1 Å². The van der Waals surface area contributed by atoms with Crippen LogP contribution < -0.4 is 39.7 Å². The van der Waals surface area contributed by atoms with E-state index >= 15 is 0 Å². The highest BCUT2D eigenvalue weighted by molar-refractivity contribution is 5.25. The van der Waals surface area contributed by atoms with E-state index < -0.39 is 0 Å². The van der Waals surface area contributed by atoms with Crippen LogP contribution in [-0.2, 0) is 0 Å². The second kappa shape index (κ2) is 6.26. The average molecular weight is 254 g/mol. The second-order valence-electron chi connectivity index (χ2n) is 1.49. The lowest BCUT2D eigenvalue weighted by Gasteiger charge is -1.78. The van der Waals surface area contributed by atoms with Crippen molar-refractivity contribution < 1.29 is 39.7 Å². The van der Waals surface area contributed by atoms with Crippen molar-refractivity contribution in [2.45, 2.75) is 0 Å². The Hall–Kier alpha value is 0.140. The monoisotopic (exact) mass is 252 g/mol. The normalized spacial score (nSPS) is 6.78. The summed E-state index contributed by atoms with van der Waals surface area (Å²) < 4.78 is 0. The molecule has 0 aromatic heterocycles. The zero-order chi connectivity index (χ0) is 5.11. The highest BCUT2D eigenvalue weighted by Crippen LogP contribution is 1.93. The summed E-state index contributed by atoms with van der Waals surface area (Å²) in [6, 6.07) is 9.87. The van der Waals surface area contributed by atoms with Gasteiger partial charge in [0.05, 0.1) is 0 Å². The number of quaternary nitrogens is 1. The molecule has 1 rings (SSSR count). The van der Waals surface area contributed by atoms with Gasteiger partial charge in [0.2, 0.25) is 0 Å². The third-order valence-electron chi connectivity index (χ3n) is 0.843. The maximum Gasteiger partial charge on any atom is 0.127 e. The minimum Gasteiger partial charge on any atom is -1.00 e. The smallest absolute Gasteiger partial charge is 0.127 e. The number of halogens is 2. The molecule has 0 radical (unpaired) electrons. The minimum atomic E-state index is 0. The third kappa shape index (κ3) is 4.63. The Kier molecular flexibility index (Phi) is 8.27. The Labute approximate surface area is 75.8 Å². The fourth-order valence-electron chi connectivity index (χ4n) is 0.478. The molecule has 3 heteroatoms. The predicted molar refractivity (Wildman–Crippen MR) is 29.0 cm³/mol. The molecule has 52 valence electrons. The summed E-state index contributed by atoms with van der Waals surface area (Å²) >= 11 is 0. The number of hydrogen-bond donors (Lipinski definition) is 1. The van der Waals surface area contributed by atoms with Crippen molar-refractivity contribution in [1.82, 2.24) is 0 Å². The third-order valence-corrected chi connectivity index (χ3v) is 0.843. The zero-order valence-electron chi connectivity index (χ0n) is 4.85. The number of hydrogen-bond acceptors (Lipinski definition) is 0. The Bertz CT molecular complexity index is 141. The molecular weight excluding hydrogens is 246 g/mol. The van der Waals surface area contributed by atoms with Crippen molar-refractivity contribution in [3.8, 4) is 0 Å². The summed E-state index contributed by atoms with van der Waals surface area (Å²) in [5, 5.41) is 0. The van der Waals surface area contributed by atoms with Gasteiger partial charge in [0.25, 0.3) is 0 Å². The molecule has 9 heavy (non-hydrogen) atoms. The first kappa shape index (κ1) is 11.9. The first-order chi connectivity index (χ1) is 3.39. The van der Waals surface area contributed by atoms with Crippen LogP contribution in [0.15, 0.2) is 30.3 Å². The molecule has 0 saturated heterocycles. The molecule has 1 nitrogen and oxygen atoms in total. The topological polar surface area (TPSA) is 27.6 Å². The van der Waals surface area contributed by atoms with Crippen LogP contribution in [0.4, 0.5) is 5.69 Å². The molecule has 0 aliphatic rings. The van der Waals surface area contributed by atoms with Gasteiger partial charge in [-0.1, -0.05) is 18.2 Å². The van der Waals surface area contributed by atoms with E-state index in [0.29, 0.717) is 0 Å². The Morgan fingerprint density at radius 3 is 1.56 bits per heavy atom. The molecule has 0 unspecified atom stereocenters. The number of rotatable bonds is 0. The molecule has 1 aromatic rings. The maximum atomic E-state index is 3.72. The van der Waals surface area contributed by atoms with Crippen molar-refractivity contribution >= 4 is 5.69 Å². The summed E-state index contributed by atoms with van der Waals surface area (Å²) in [6.07, 6.45) is 0. The van der Waals surface area contributed by atoms with Crippen LogP contribution in [-0.4, -0.2) is 0 Å². The quantitative estimate of drug-likeness (QED) is 0.478. The van der Waals surface area contributed by atoms with Gasteiger partial charge >= 0.3 is 0 Å². The first-order valence-corrected chi connectivity index (χ1v) is 2.26. The standard InChI is InChI=1S/C6H7N.2BrH/c7-6-4-2-1-3-5-6;;/h1-5H,7H2;2*1H/p-1. The van der Waals surface area contributed by atoms with Crippen LogP contribution in [0.1, 0.15) is 0 Å². The van der Waals surface area contributed by atoms with Crippen LogP contribution in [0.5, 0.6) is 0 Å². The van der Waals surface area contributed by atoms with Gasteiger partial charge in [0.15, 0.2) is 0 Å². The van der Waals surface area contributed by atoms with Crippen molar-refractivity contribution in [3.63, 3.8) is 0 Å². The second-order valence-corrected chi connectivity index (χ2v) is 1.49. The molecular formula is C6H8Br2N-. The summed E-state index contributed by atoms with van der Waals surface area (Å²) in [5.41, 5.74) is 4.79. The fourth-order valence-corrected chi connectivity index (χ4v) is 0.478. The van der Waals surface area contributed by atoms with Crippen LogP contribution in [0.3, 0.4) is 0 Å². The number of benzene rings is 1. The molecule has 0 bridgehead atoms. The van der Waals surface area contributed by atoms with Crippen LogP contribution in [0.25, 0.3) is 0 Å². The summed E-state index contributed by atoms with van der Waals surface area (Å²) in [4.78, 5) is 0. The Morgan fingerprint density at radius 1 is 0.889 bits per heavy atom. The molecule has 0 atom stereocenters. The van der Waals surface area contributed by atoms with Gasteiger partial charge in [0, 0.05) is 0 Å². The fraction of sp³-hybridized carbons (Fsp3) is 0. The molecule has 0 aliphatic heterocycles. The average Bonchev–Trinajstić information content (AvgIpc) is 1.69. The van der Waals surface area contributed by atoms with Crippen molar-refractivity contribution in [3.05, 3.63) is 30.3 Å². The van der Waals surface area contributed by atoms with Gasteiger partial charge in [0.1, 0.15) is 5.69 Å². The molecule has 3 N–H and O–H groups in total. The highest BCUT2D eigenvalue weighted by Gasteiger charge is 1.77. The minimum absolute atomic E-state index is 0. The molecule has 0 saturated carbocycles. The van der Waals surface area contributed by atoms with E-state index in [2.05, 4.69) is 5.73 Å². The van der Waals surface area contributed by atoms with Crippen molar-refractivity contribution in [2.24, 2.45) is 0 Å². The van der Waals surface area contributed by atoms with E-state index in [-0.39, 0.29) is 34.0 Å². The predicted octanol–water partition coefficient (Wildman–Crippen LogP) is -5.43. The van der Waals surface area contributed by atoms with Crippen LogP contribution in [0, 0.1) is 0 Å². The Morgan fingerprint density at radius 2 is 1.33 bits per heavy atom. The van der Waals surface area contributed by atoms with Gasteiger partial charge < -0.3 is 39.7 Å². The van der Waals surface area contributed by atoms with Crippen LogP contribution >= 0.6 is 0 Å². The highest BCUT2D eigenvalue weighted by atomic mass is 79.9. The summed E-state index contributed by atoms with van der Waals surface area (Å²) in [7, 11) is 0. The SMILES string of the molecule is [Br-].[Br-].[NH3+]c1ccccc1. The van der Waals surface area contributed by atoms with E-state index in [9.17, 15) is 0 Å². The van der Waals surface area contributed by atoms with Gasteiger partial charge in [-0.2, -0.15) is 0 Å². The molecule has 0 amide bonds. The molecule has 0 aliphatic carbocycles. The molecule has 0 heterocycles.